The minimum Gasteiger partial charge on any atom is -0.505 e. The molecule has 18 heavy (non-hydrogen) atoms. The van der Waals surface area contributed by atoms with Crippen LogP contribution in [0.15, 0.2) is 36.9 Å². The van der Waals surface area contributed by atoms with Gasteiger partial charge in [0.05, 0.1) is 11.8 Å². The molecule has 0 aliphatic heterocycles. The van der Waals surface area contributed by atoms with Crippen molar-refractivity contribution in [2.24, 2.45) is 0 Å². The Morgan fingerprint density at radius 1 is 1.28 bits per heavy atom. The van der Waals surface area contributed by atoms with Gasteiger partial charge in [-0.25, -0.2) is 0 Å². The van der Waals surface area contributed by atoms with E-state index in [-0.39, 0.29) is 17.2 Å². The fourth-order valence-electron chi connectivity index (χ4n) is 1.53. The van der Waals surface area contributed by atoms with Crippen molar-refractivity contribution in [3.8, 4) is 5.75 Å². The molecular formula is C13H13N3O2. The van der Waals surface area contributed by atoms with E-state index in [1.54, 1.807) is 12.4 Å². The van der Waals surface area contributed by atoms with Gasteiger partial charge in [-0.1, -0.05) is 0 Å². The first-order valence-corrected chi connectivity index (χ1v) is 5.49. The minimum atomic E-state index is -0.335. The zero-order valence-corrected chi connectivity index (χ0v) is 9.92. The Kier molecular flexibility index (Phi) is 3.52. The number of aromatic hydroxyl groups is 1. The summed E-state index contributed by atoms with van der Waals surface area (Å²) in [5.41, 5.74) is 2.22. The van der Waals surface area contributed by atoms with Gasteiger partial charge in [0, 0.05) is 25.1 Å². The van der Waals surface area contributed by atoms with Crippen LogP contribution in [0, 0.1) is 6.92 Å². The van der Waals surface area contributed by atoms with Crippen molar-refractivity contribution in [1.82, 2.24) is 15.3 Å². The van der Waals surface area contributed by atoms with Crippen LogP contribution >= 0.6 is 0 Å². The molecule has 0 saturated carbocycles. The molecule has 0 radical (unpaired) electrons. The highest BCUT2D eigenvalue weighted by Gasteiger charge is 2.10. The summed E-state index contributed by atoms with van der Waals surface area (Å²) < 4.78 is 0. The second kappa shape index (κ2) is 5.27. The summed E-state index contributed by atoms with van der Waals surface area (Å²) >= 11 is 0. The number of aryl methyl sites for hydroxylation is 1. The lowest BCUT2D eigenvalue weighted by Crippen LogP contribution is -2.23. The van der Waals surface area contributed by atoms with Crippen LogP contribution in [-0.4, -0.2) is 21.0 Å². The Morgan fingerprint density at radius 3 is 2.72 bits per heavy atom. The average Bonchev–Trinajstić information content (AvgIpc) is 2.38. The Hall–Kier alpha value is -2.43. The first-order chi connectivity index (χ1) is 8.68. The molecule has 0 bridgehead atoms. The molecule has 0 aliphatic rings. The fourth-order valence-corrected chi connectivity index (χ4v) is 1.53. The third-order valence-corrected chi connectivity index (χ3v) is 2.63. The van der Waals surface area contributed by atoms with Gasteiger partial charge in [-0.2, -0.15) is 0 Å². The Balaban J connectivity index is 2.06. The number of aromatic nitrogens is 2. The van der Waals surface area contributed by atoms with E-state index < -0.39 is 0 Å². The highest BCUT2D eigenvalue weighted by Crippen LogP contribution is 2.13. The van der Waals surface area contributed by atoms with Crippen LogP contribution in [0.5, 0.6) is 5.75 Å². The van der Waals surface area contributed by atoms with Gasteiger partial charge in [-0.3, -0.25) is 14.8 Å². The van der Waals surface area contributed by atoms with Crippen LogP contribution < -0.4 is 5.32 Å². The summed E-state index contributed by atoms with van der Waals surface area (Å²) in [5, 5.41) is 12.2. The molecule has 2 aromatic rings. The molecule has 0 saturated heterocycles. The van der Waals surface area contributed by atoms with Gasteiger partial charge in [-0.15, -0.1) is 0 Å². The van der Waals surface area contributed by atoms with E-state index in [1.807, 2.05) is 13.0 Å². The average molecular weight is 243 g/mol. The number of hydrogen-bond donors (Lipinski definition) is 2. The molecule has 92 valence electrons. The molecule has 2 rings (SSSR count). The predicted octanol–water partition coefficient (Wildman–Crippen LogP) is 1.42. The number of carbonyl (C=O) groups is 1. The first kappa shape index (κ1) is 12.0. The van der Waals surface area contributed by atoms with Crippen molar-refractivity contribution >= 4 is 5.91 Å². The molecule has 1 amide bonds. The van der Waals surface area contributed by atoms with Gasteiger partial charge in [0.15, 0.2) is 0 Å². The van der Waals surface area contributed by atoms with Crippen molar-refractivity contribution in [3.05, 3.63) is 53.6 Å². The van der Waals surface area contributed by atoms with E-state index in [2.05, 4.69) is 15.3 Å². The maximum absolute atomic E-state index is 11.8. The van der Waals surface area contributed by atoms with Crippen molar-refractivity contribution in [2.45, 2.75) is 13.5 Å². The summed E-state index contributed by atoms with van der Waals surface area (Å²) in [6.07, 6.45) is 6.12. The highest BCUT2D eigenvalue weighted by atomic mass is 16.3. The van der Waals surface area contributed by atoms with Crippen LogP contribution in [-0.2, 0) is 6.54 Å². The van der Waals surface area contributed by atoms with Crippen molar-refractivity contribution in [1.29, 1.82) is 0 Å². The number of pyridine rings is 2. The maximum atomic E-state index is 11.8. The molecule has 0 unspecified atom stereocenters. The molecule has 0 aliphatic carbocycles. The number of rotatable bonds is 3. The number of amides is 1. The predicted molar refractivity (Wildman–Crippen MR) is 66.0 cm³/mol. The van der Waals surface area contributed by atoms with E-state index >= 15 is 0 Å². The summed E-state index contributed by atoms with van der Waals surface area (Å²) in [6, 6.07) is 3.35. The monoisotopic (exact) mass is 243 g/mol. The topological polar surface area (TPSA) is 75.1 Å². The molecule has 2 N–H and O–H groups in total. The number of nitrogens with one attached hydrogen (secondary N) is 1. The second-order valence-corrected chi connectivity index (χ2v) is 3.88. The van der Waals surface area contributed by atoms with E-state index in [1.165, 1.54) is 18.5 Å². The zero-order valence-electron chi connectivity index (χ0n) is 9.92. The summed E-state index contributed by atoms with van der Waals surface area (Å²) in [4.78, 5) is 19.6. The largest absolute Gasteiger partial charge is 0.505 e. The second-order valence-electron chi connectivity index (χ2n) is 3.88. The van der Waals surface area contributed by atoms with Crippen LogP contribution in [0.25, 0.3) is 0 Å². The molecule has 5 heteroatoms. The van der Waals surface area contributed by atoms with E-state index in [9.17, 15) is 9.90 Å². The Bertz CT molecular complexity index is 570. The smallest absolute Gasteiger partial charge is 0.255 e. The van der Waals surface area contributed by atoms with Crippen molar-refractivity contribution < 1.29 is 9.90 Å². The Morgan fingerprint density at radius 2 is 2.00 bits per heavy atom. The van der Waals surface area contributed by atoms with Crippen molar-refractivity contribution in [3.63, 3.8) is 0 Å². The van der Waals surface area contributed by atoms with E-state index in [0.717, 1.165) is 11.1 Å². The molecule has 2 heterocycles. The van der Waals surface area contributed by atoms with Crippen LogP contribution in [0.2, 0.25) is 0 Å². The lowest BCUT2D eigenvalue weighted by Gasteiger charge is -2.08. The number of nitrogens with zero attached hydrogens (tertiary/aromatic N) is 2. The van der Waals surface area contributed by atoms with Gasteiger partial charge in [0.1, 0.15) is 5.75 Å². The highest BCUT2D eigenvalue weighted by molar-refractivity contribution is 5.96. The third-order valence-electron chi connectivity index (χ3n) is 2.63. The third kappa shape index (κ3) is 2.63. The SMILES string of the molecule is Cc1ccncc1CNC(=O)c1ccncc1O. The van der Waals surface area contributed by atoms with Gasteiger partial charge < -0.3 is 10.4 Å². The molecule has 2 aromatic heterocycles. The van der Waals surface area contributed by atoms with E-state index in [4.69, 9.17) is 0 Å². The Labute approximate surface area is 105 Å². The zero-order chi connectivity index (χ0) is 13.0. The van der Waals surface area contributed by atoms with E-state index in [0.29, 0.717) is 6.54 Å². The molecule has 0 fully saturated rings. The minimum absolute atomic E-state index is 0.127. The maximum Gasteiger partial charge on any atom is 0.255 e. The van der Waals surface area contributed by atoms with Gasteiger partial charge in [-0.05, 0) is 30.2 Å². The van der Waals surface area contributed by atoms with Gasteiger partial charge in [0.25, 0.3) is 5.91 Å². The lowest BCUT2D eigenvalue weighted by molar-refractivity contribution is 0.0948. The quantitative estimate of drug-likeness (QED) is 0.855. The van der Waals surface area contributed by atoms with Gasteiger partial charge >= 0.3 is 0 Å². The summed E-state index contributed by atoms with van der Waals surface area (Å²) in [5.74, 6) is -0.462. The fraction of sp³-hybridized carbons (Fsp3) is 0.154. The van der Waals surface area contributed by atoms with Crippen LogP contribution in [0.1, 0.15) is 21.5 Å². The number of hydrogen-bond acceptors (Lipinski definition) is 4. The normalized spacial score (nSPS) is 10.1. The summed E-state index contributed by atoms with van der Waals surface area (Å²) in [6.45, 7) is 2.33. The standard InChI is InChI=1S/C13H13N3O2/c1-9-2-4-14-6-10(9)7-16-13(18)11-3-5-15-8-12(11)17/h2-6,8,17H,7H2,1H3,(H,16,18). The molecule has 0 atom stereocenters. The van der Waals surface area contributed by atoms with Crippen LogP contribution in [0.4, 0.5) is 0 Å². The first-order valence-electron chi connectivity index (χ1n) is 5.49. The molecule has 0 spiro atoms. The number of carbonyl (C=O) groups excluding carboxylic acids is 1. The lowest BCUT2D eigenvalue weighted by atomic mass is 10.1. The molecule has 0 aromatic carbocycles. The summed E-state index contributed by atoms with van der Waals surface area (Å²) in [7, 11) is 0. The molecular weight excluding hydrogens is 230 g/mol. The van der Waals surface area contributed by atoms with Crippen molar-refractivity contribution in [2.75, 3.05) is 0 Å². The molecule has 5 nitrogen and oxygen atoms in total. The van der Waals surface area contributed by atoms with Crippen LogP contribution in [0.3, 0.4) is 0 Å². The van der Waals surface area contributed by atoms with Gasteiger partial charge in [0.2, 0.25) is 0 Å².